The summed E-state index contributed by atoms with van der Waals surface area (Å²) in [5.41, 5.74) is -4.41. The number of hydrogen-bond acceptors (Lipinski definition) is 5. The molecular weight excluding hydrogens is 365 g/mol. The van der Waals surface area contributed by atoms with E-state index in [0.29, 0.717) is 23.9 Å². The second-order valence-electron chi connectivity index (χ2n) is 5.08. The largest absolute Gasteiger partial charge is 0.534 e. The summed E-state index contributed by atoms with van der Waals surface area (Å²) in [5.74, 6) is -0.936. The first-order valence-corrected chi connectivity index (χ1v) is 8.39. The Kier molecular flexibility index (Phi) is 5.16. The number of H-pyrrole nitrogens is 1. The lowest BCUT2D eigenvalue weighted by Crippen LogP contribution is -2.28. The van der Waals surface area contributed by atoms with Crippen molar-refractivity contribution in [1.82, 2.24) is 10.3 Å². The molecule has 11 heteroatoms. The molecular formula is C14H15F3N2O5S. The highest BCUT2D eigenvalue weighted by Gasteiger charge is 2.49. The Balaban J connectivity index is 2.37. The van der Waals surface area contributed by atoms with Crippen LogP contribution in [-0.2, 0) is 21.3 Å². The molecule has 0 aliphatic rings. The summed E-state index contributed by atoms with van der Waals surface area (Å²) < 4.78 is 68.9. The van der Waals surface area contributed by atoms with E-state index >= 15 is 0 Å². The number of aromatic amines is 1. The molecule has 0 saturated carbocycles. The SMILES string of the molecule is COc1cc2c(CCNC(C)=O)c[nH]c2cc1OS(=O)(=O)C(F)(F)F. The van der Waals surface area contributed by atoms with Crippen LogP contribution in [0.15, 0.2) is 18.3 Å². The quantitative estimate of drug-likeness (QED) is 0.591. The fourth-order valence-electron chi connectivity index (χ4n) is 2.16. The van der Waals surface area contributed by atoms with Crippen molar-refractivity contribution in [3.05, 3.63) is 23.9 Å². The molecule has 1 amide bonds. The molecule has 0 aliphatic heterocycles. The molecule has 1 aromatic carbocycles. The van der Waals surface area contributed by atoms with Crippen molar-refractivity contribution in [3.63, 3.8) is 0 Å². The van der Waals surface area contributed by atoms with Crippen LogP contribution >= 0.6 is 0 Å². The molecule has 0 atom stereocenters. The minimum Gasteiger partial charge on any atom is -0.493 e. The molecule has 2 rings (SSSR count). The fraction of sp³-hybridized carbons (Fsp3) is 0.357. The molecule has 138 valence electrons. The molecule has 0 unspecified atom stereocenters. The summed E-state index contributed by atoms with van der Waals surface area (Å²) in [4.78, 5) is 13.7. The first-order valence-electron chi connectivity index (χ1n) is 6.98. The van der Waals surface area contributed by atoms with Gasteiger partial charge in [-0.2, -0.15) is 21.6 Å². The summed E-state index contributed by atoms with van der Waals surface area (Å²) in [5, 5.41) is 3.23. The van der Waals surface area contributed by atoms with E-state index in [1.807, 2.05) is 0 Å². The molecule has 0 bridgehead atoms. The molecule has 0 saturated heterocycles. The summed E-state index contributed by atoms with van der Waals surface area (Å²) in [6, 6.07) is 2.48. The molecule has 25 heavy (non-hydrogen) atoms. The average molecular weight is 380 g/mol. The number of benzene rings is 1. The smallest absolute Gasteiger partial charge is 0.493 e. The van der Waals surface area contributed by atoms with Crippen LogP contribution in [-0.4, -0.2) is 38.5 Å². The van der Waals surface area contributed by atoms with Gasteiger partial charge in [-0.3, -0.25) is 4.79 Å². The van der Waals surface area contributed by atoms with Crippen LogP contribution in [0.4, 0.5) is 13.2 Å². The number of fused-ring (bicyclic) bond motifs is 1. The normalized spacial score (nSPS) is 12.2. The summed E-state index contributed by atoms with van der Waals surface area (Å²) in [6.07, 6.45) is 2.07. The average Bonchev–Trinajstić information content (AvgIpc) is 2.86. The number of ether oxygens (including phenoxy) is 1. The highest BCUT2D eigenvalue weighted by Crippen LogP contribution is 2.37. The maximum atomic E-state index is 12.5. The van der Waals surface area contributed by atoms with Gasteiger partial charge in [-0.15, -0.1) is 0 Å². The zero-order valence-corrected chi connectivity index (χ0v) is 14.0. The van der Waals surface area contributed by atoms with E-state index in [0.717, 1.165) is 11.6 Å². The van der Waals surface area contributed by atoms with Gasteiger partial charge in [0.15, 0.2) is 11.5 Å². The highest BCUT2D eigenvalue weighted by atomic mass is 32.2. The van der Waals surface area contributed by atoms with Gasteiger partial charge in [0.05, 0.1) is 7.11 Å². The minimum absolute atomic E-state index is 0.166. The maximum absolute atomic E-state index is 12.5. The Hall–Kier alpha value is -2.43. The Labute approximate surface area is 141 Å². The number of nitrogens with one attached hydrogen (secondary N) is 2. The third kappa shape index (κ3) is 4.16. The topological polar surface area (TPSA) is 97.5 Å². The fourth-order valence-corrected chi connectivity index (χ4v) is 2.62. The van der Waals surface area contributed by atoms with Crippen LogP contribution in [0.5, 0.6) is 11.5 Å². The lowest BCUT2D eigenvalue weighted by Gasteiger charge is -2.12. The molecule has 7 nitrogen and oxygen atoms in total. The predicted octanol–water partition coefficient (Wildman–Crippen LogP) is 2.08. The van der Waals surface area contributed by atoms with E-state index in [4.69, 9.17) is 4.74 Å². The van der Waals surface area contributed by atoms with Crippen LogP contribution in [0, 0.1) is 0 Å². The van der Waals surface area contributed by atoms with Gasteiger partial charge < -0.3 is 19.2 Å². The molecule has 1 aromatic heterocycles. The number of amides is 1. The van der Waals surface area contributed by atoms with Crippen LogP contribution in [0.3, 0.4) is 0 Å². The second-order valence-corrected chi connectivity index (χ2v) is 6.62. The van der Waals surface area contributed by atoms with Crippen LogP contribution in [0.1, 0.15) is 12.5 Å². The lowest BCUT2D eigenvalue weighted by molar-refractivity contribution is -0.118. The van der Waals surface area contributed by atoms with Crippen molar-refractivity contribution < 1.29 is 35.3 Å². The van der Waals surface area contributed by atoms with Crippen molar-refractivity contribution in [2.24, 2.45) is 0 Å². The van der Waals surface area contributed by atoms with Crippen LogP contribution < -0.4 is 14.2 Å². The van der Waals surface area contributed by atoms with E-state index in [2.05, 4.69) is 14.5 Å². The van der Waals surface area contributed by atoms with E-state index < -0.39 is 21.4 Å². The molecule has 0 aliphatic carbocycles. The van der Waals surface area contributed by atoms with Crippen LogP contribution in [0.25, 0.3) is 10.9 Å². The number of alkyl halides is 3. The third-order valence-electron chi connectivity index (χ3n) is 3.30. The lowest BCUT2D eigenvalue weighted by atomic mass is 10.1. The van der Waals surface area contributed by atoms with Gasteiger partial charge in [0.1, 0.15) is 0 Å². The second kappa shape index (κ2) is 6.82. The number of methoxy groups -OCH3 is 1. The van der Waals surface area contributed by atoms with Crippen molar-refractivity contribution in [3.8, 4) is 11.5 Å². The number of hydrogen-bond donors (Lipinski definition) is 2. The van der Waals surface area contributed by atoms with Crippen molar-refractivity contribution in [2.75, 3.05) is 13.7 Å². The molecule has 2 aromatic rings. The highest BCUT2D eigenvalue weighted by molar-refractivity contribution is 7.88. The summed E-state index contributed by atoms with van der Waals surface area (Å²) >= 11 is 0. The third-order valence-corrected chi connectivity index (χ3v) is 4.27. The van der Waals surface area contributed by atoms with Gasteiger partial charge in [-0.05, 0) is 18.1 Å². The predicted molar refractivity (Wildman–Crippen MR) is 82.8 cm³/mol. The van der Waals surface area contributed by atoms with Crippen molar-refractivity contribution in [1.29, 1.82) is 0 Å². The van der Waals surface area contributed by atoms with Gasteiger partial charge >= 0.3 is 15.6 Å². The zero-order valence-electron chi connectivity index (χ0n) is 13.2. The monoisotopic (exact) mass is 380 g/mol. The minimum atomic E-state index is -5.81. The van der Waals surface area contributed by atoms with Crippen molar-refractivity contribution >= 4 is 26.9 Å². The van der Waals surface area contributed by atoms with Gasteiger partial charge in [0.25, 0.3) is 0 Å². The Morgan fingerprint density at radius 3 is 2.52 bits per heavy atom. The van der Waals surface area contributed by atoms with Gasteiger partial charge in [0, 0.05) is 36.6 Å². The number of halogens is 3. The van der Waals surface area contributed by atoms with E-state index in [1.165, 1.54) is 20.1 Å². The van der Waals surface area contributed by atoms with Gasteiger partial charge in [-0.25, -0.2) is 0 Å². The van der Waals surface area contributed by atoms with Gasteiger partial charge in [0.2, 0.25) is 5.91 Å². The van der Waals surface area contributed by atoms with Gasteiger partial charge in [-0.1, -0.05) is 0 Å². The first kappa shape index (κ1) is 18.9. The maximum Gasteiger partial charge on any atom is 0.534 e. The van der Waals surface area contributed by atoms with Crippen LogP contribution in [0.2, 0.25) is 0 Å². The summed E-state index contributed by atoms with van der Waals surface area (Å²) in [7, 11) is -4.63. The zero-order chi connectivity index (χ0) is 18.8. The molecule has 0 spiro atoms. The van der Waals surface area contributed by atoms with E-state index in [-0.39, 0.29) is 11.7 Å². The Bertz CT molecular complexity index is 890. The standard InChI is InChI=1S/C14H15F3N2O5S/c1-8(20)18-4-3-9-7-19-11-6-13(12(23-2)5-10(9)11)24-25(21,22)14(15,16)17/h5-7,19H,3-4H2,1-2H3,(H,18,20). The molecule has 2 N–H and O–H groups in total. The van der Waals surface area contributed by atoms with Crippen molar-refractivity contribution in [2.45, 2.75) is 18.9 Å². The number of rotatable bonds is 6. The Morgan fingerprint density at radius 1 is 1.28 bits per heavy atom. The Morgan fingerprint density at radius 2 is 1.96 bits per heavy atom. The molecule has 0 radical (unpaired) electrons. The van der Waals surface area contributed by atoms with E-state index in [1.54, 1.807) is 6.20 Å². The summed E-state index contributed by atoms with van der Waals surface area (Å²) in [6.45, 7) is 1.74. The number of carbonyl (C=O) groups is 1. The first-order chi connectivity index (χ1) is 11.5. The number of carbonyl (C=O) groups excluding carboxylic acids is 1. The van der Waals surface area contributed by atoms with E-state index in [9.17, 15) is 26.4 Å². The molecule has 0 fully saturated rings. The number of aromatic nitrogens is 1. The molecule has 1 heterocycles.